The zero-order valence-electron chi connectivity index (χ0n) is 18.0. The molecule has 1 aromatic carbocycles. The fraction of sp³-hybridized carbons (Fsp3) is 0.417. The number of hydrogen-bond acceptors (Lipinski definition) is 6. The van der Waals surface area contributed by atoms with E-state index >= 15 is 0 Å². The predicted octanol–water partition coefficient (Wildman–Crippen LogP) is 5.41. The summed E-state index contributed by atoms with van der Waals surface area (Å²) in [5.74, 6) is 0.300. The Kier molecular flexibility index (Phi) is 7.12. The highest BCUT2D eigenvalue weighted by Gasteiger charge is 2.44. The summed E-state index contributed by atoms with van der Waals surface area (Å²) < 4.78 is 19.9. The maximum Gasteiger partial charge on any atom is 0.328 e. The summed E-state index contributed by atoms with van der Waals surface area (Å²) in [6.45, 7) is 4.66. The molecule has 1 aromatic heterocycles. The molecule has 1 aliphatic heterocycles. The van der Waals surface area contributed by atoms with E-state index in [4.69, 9.17) is 4.42 Å². The van der Waals surface area contributed by atoms with Crippen molar-refractivity contribution < 1.29 is 23.5 Å². The molecule has 2 fully saturated rings. The highest BCUT2D eigenvalue weighted by Crippen LogP contribution is 2.46. The van der Waals surface area contributed by atoms with Crippen LogP contribution in [0.5, 0.6) is 0 Å². The van der Waals surface area contributed by atoms with E-state index in [-0.39, 0.29) is 29.3 Å². The van der Waals surface area contributed by atoms with Gasteiger partial charge in [0.05, 0.1) is 10.9 Å². The Balaban J connectivity index is 1.61. The molecular formula is C24H26FNO4S2. The average Bonchev–Trinajstić information content (AvgIpc) is 3.53. The SMILES string of the molecule is Cc1cc(SSC2CCN(Cc3ccccc3F)C(C(=O)C3CC3)/C2=C/C(=O)O)c(C)o1. The van der Waals surface area contributed by atoms with Gasteiger partial charge in [-0.15, -0.1) is 0 Å². The van der Waals surface area contributed by atoms with Crippen molar-refractivity contribution in [3.8, 4) is 0 Å². The van der Waals surface area contributed by atoms with Gasteiger partial charge in [-0.2, -0.15) is 0 Å². The van der Waals surface area contributed by atoms with E-state index in [9.17, 15) is 19.1 Å². The molecule has 170 valence electrons. The minimum absolute atomic E-state index is 0.0320. The average molecular weight is 476 g/mol. The molecule has 1 saturated heterocycles. The van der Waals surface area contributed by atoms with E-state index in [1.807, 2.05) is 24.8 Å². The van der Waals surface area contributed by atoms with E-state index in [0.29, 0.717) is 24.1 Å². The van der Waals surface area contributed by atoms with Gasteiger partial charge in [0, 0.05) is 35.9 Å². The Hall–Kier alpha value is -2.03. The van der Waals surface area contributed by atoms with Gasteiger partial charge in [-0.3, -0.25) is 9.69 Å². The Bertz CT molecular complexity index is 1050. The van der Waals surface area contributed by atoms with Crippen LogP contribution < -0.4 is 0 Å². The first-order chi connectivity index (χ1) is 15.3. The third-order valence-electron chi connectivity index (χ3n) is 5.85. The fourth-order valence-electron chi connectivity index (χ4n) is 4.14. The molecule has 4 rings (SSSR count). The van der Waals surface area contributed by atoms with Gasteiger partial charge in [0.2, 0.25) is 0 Å². The van der Waals surface area contributed by atoms with Crippen molar-refractivity contribution in [3.05, 3.63) is 64.9 Å². The van der Waals surface area contributed by atoms with Gasteiger partial charge < -0.3 is 9.52 Å². The van der Waals surface area contributed by atoms with E-state index in [0.717, 1.165) is 29.3 Å². The second-order valence-corrected chi connectivity index (χ2v) is 10.8. The number of carboxylic acid groups (broad SMARTS) is 1. The van der Waals surface area contributed by atoms with E-state index < -0.39 is 12.0 Å². The smallest absolute Gasteiger partial charge is 0.328 e. The third kappa shape index (κ3) is 5.30. The summed E-state index contributed by atoms with van der Waals surface area (Å²) >= 11 is 0. The minimum Gasteiger partial charge on any atom is -0.478 e. The normalized spacial score (nSPS) is 22.9. The van der Waals surface area contributed by atoms with Crippen LogP contribution in [0.25, 0.3) is 0 Å². The number of halogens is 1. The Labute approximate surface area is 194 Å². The van der Waals surface area contributed by atoms with Crippen LogP contribution >= 0.6 is 21.6 Å². The van der Waals surface area contributed by atoms with Crippen LogP contribution in [0.2, 0.25) is 0 Å². The summed E-state index contributed by atoms with van der Waals surface area (Å²) in [5.41, 5.74) is 1.12. The maximum atomic E-state index is 14.3. The molecule has 32 heavy (non-hydrogen) atoms. The number of hydrogen-bond donors (Lipinski definition) is 1. The second kappa shape index (κ2) is 9.85. The largest absolute Gasteiger partial charge is 0.478 e. The minimum atomic E-state index is -1.06. The van der Waals surface area contributed by atoms with Crippen molar-refractivity contribution in [3.63, 3.8) is 0 Å². The van der Waals surface area contributed by atoms with E-state index in [2.05, 4.69) is 0 Å². The lowest BCUT2D eigenvalue weighted by atomic mass is 9.89. The monoisotopic (exact) mass is 475 g/mol. The Morgan fingerprint density at radius 2 is 2.00 bits per heavy atom. The number of furan rings is 1. The molecule has 8 heteroatoms. The molecule has 0 radical (unpaired) electrons. The maximum absolute atomic E-state index is 14.3. The van der Waals surface area contributed by atoms with Crippen LogP contribution in [0.4, 0.5) is 4.39 Å². The summed E-state index contributed by atoms with van der Waals surface area (Å²) in [5, 5.41) is 9.46. The first-order valence-electron chi connectivity index (χ1n) is 10.7. The summed E-state index contributed by atoms with van der Waals surface area (Å²) in [7, 11) is 3.11. The first kappa shape index (κ1) is 23.1. The van der Waals surface area contributed by atoms with Crippen molar-refractivity contribution in [2.45, 2.75) is 55.8 Å². The Morgan fingerprint density at radius 3 is 2.62 bits per heavy atom. The molecule has 2 heterocycles. The molecule has 2 atom stereocenters. The number of ketones is 1. The highest BCUT2D eigenvalue weighted by molar-refractivity contribution is 8.77. The fourth-order valence-corrected chi connectivity index (χ4v) is 7.02. The number of Topliss-reactive ketones (excluding diaryl/α,β-unsaturated/α-hetero) is 1. The molecular weight excluding hydrogens is 449 g/mol. The van der Waals surface area contributed by atoms with Crippen molar-refractivity contribution in [1.29, 1.82) is 0 Å². The van der Waals surface area contributed by atoms with E-state index in [1.165, 1.54) is 12.1 Å². The summed E-state index contributed by atoms with van der Waals surface area (Å²) in [6, 6.07) is 7.87. The summed E-state index contributed by atoms with van der Waals surface area (Å²) in [4.78, 5) is 28.0. The lowest BCUT2D eigenvalue weighted by molar-refractivity contribution is -0.131. The molecule has 0 amide bonds. The molecule has 0 spiro atoms. The van der Waals surface area contributed by atoms with Crippen molar-refractivity contribution in [2.75, 3.05) is 6.54 Å². The van der Waals surface area contributed by atoms with Gasteiger partial charge in [-0.1, -0.05) is 39.8 Å². The second-order valence-electron chi connectivity index (χ2n) is 8.36. The van der Waals surface area contributed by atoms with Gasteiger partial charge in [0.1, 0.15) is 17.3 Å². The van der Waals surface area contributed by atoms with Gasteiger partial charge >= 0.3 is 5.97 Å². The van der Waals surface area contributed by atoms with Crippen LogP contribution in [0.3, 0.4) is 0 Å². The lowest BCUT2D eigenvalue weighted by Gasteiger charge is -2.40. The number of carbonyl (C=O) groups is 2. The molecule has 2 unspecified atom stereocenters. The van der Waals surface area contributed by atoms with Gasteiger partial charge in [-0.05, 0) is 50.8 Å². The van der Waals surface area contributed by atoms with E-state index in [1.54, 1.807) is 39.8 Å². The molecule has 5 nitrogen and oxygen atoms in total. The lowest BCUT2D eigenvalue weighted by Crippen LogP contribution is -2.50. The molecule has 1 N–H and O–H groups in total. The van der Waals surface area contributed by atoms with Gasteiger partial charge in [0.15, 0.2) is 5.78 Å². The number of carboxylic acids is 1. The topological polar surface area (TPSA) is 70.8 Å². The highest BCUT2D eigenvalue weighted by atomic mass is 33.1. The third-order valence-corrected chi connectivity index (χ3v) is 8.80. The molecule has 1 aliphatic carbocycles. The number of piperidine rings is 1. The van der Waals surface area contributed by atoms with Crippen LogP contribution in [0.15, 0.2) is 51.3 Å². The molecule has 0 bridgehead atoms. The Morgan fingerprint density at radius 1 is 1.25 bits per heavy atom. The van der Waals surface area contributed by atoms with Crippen molar-refractivity contribution >= 4 is 33.3 Å². The van der Waals surface area contributed by atoms with Crippen LogP contribution in [-0.2, 0) is 16.1 Å². The molecule has 2 aliphatic rings. The number of nitrogens with zero attached hydrogens (tertiary/aromatic N) is 1. The first-order valence-corrected chi connectivity index (χ1v) is 12.9. The zero-order valence-corrected chi connectivity index (χ0v) is 19.7. The number of aliphatic carboxylic acids is 1. The predicted molar refractivity (Wildman–Crippen MR) is 124 cm³/mol. The standard InChI is InChI=1S/C24H26FNO4S2/c1-14-11-21(15(2)30-14)32-31-20-9-10-26(13-17-5-3-4-6-19(17)25)23(18(20)12-22(27)28)24(29)16-7-8-16/h3-6,11-12,16,20,23H,7-10,13H2,1-2H3,(H,27,28)/b18-12+. The van der Waals surface area contributed by atoms with Gasteiger partial charge in [-0.25, -0.2) is 9.18 Å². The van der Waals surface area contributed by atoms with Crippen LogP contribution in [0.1, 0.15) is 36.3 Å². The van der Waals surface area contributed by atoms with Gasteiger partial charge in [0.25, 0.3) is 0 Å². The number of likely N-dealkylation sites (tertiary alicyclic amines) is 1. The number of carbonyl (C=O) groups excluding carboxylic acids is 1. The number of rotatable bonds is 8. The van der Waals surface area contributed by atoms with Crippen molar-refractivity contribution in [1.82, 2.24) is 4.90 Å². The van der Waals surface area contributed by atoms with Crippen LogP contribution in [0, 0.1) is 25.6 Å². The quantitative estimate of drug-likeness (QED) is 0.404. The summed E-state index contributed by atoms with van der Waals surface area (Å²) in [6.07, 6.45) is 3.55. The molecule has 2 aromatic rings. The zero-order chi connectivity index (χ0) is 22.8. The molecule has 1 saturated carbocycles. The number of aryl methyl sites for hydroxylation is 2. The van der Waals surface area contributed by atoms with Crippen molar-refractivity contribution in [2.24, 2.45) is 5.92 Å². The van der Waals surface area contributed by atoms with Crippen LogP contribution in [-0.4, -0.2) is 39.6 Å². The number of benzene rings is 1.